The molecule has 4 nitrogen and oxygen atoms in total. The average Bonchev–Trinajstić information content (AvgIpc) is 2.71. The van der Waals surface area contributed by atoms with Crippen molar-refractivity contribution < 1.29 is 0 Å². The summed E-state index contributed by atoms with van der Waals surface area (Å²) in [5.74, 6) is 0. The number of hydrogen-bond donors (Lipinski definition) is 3. The molecule has 0 aromatic heterocycles. The van der Waals surface area contributed by atoms with Crippen molar-refractivity contribution in [1.82, 2.24) is 4.90 Å². The van der Waals surface area contributed by atoms with E-state index in [1.165, 1.54) is 135 Å². The van der Waals surface area contributed by atoms with Gasteiger partial charge in [-0.2, -0.15) is 0 Å². The number of nitrogens with zero attached hydrogens (tertiary/aromatic N) is 1. The maximum atomic E-state index is 5.58. The molecule has 0 aromatic rings. The molecule has 0 saturated carbocycles. The predicted molar refractivity (Wildman–Crippen MR) is 127 cm³/mol. The molecule has 0 rings (SSSR count). The summed E-state index contributed by atoms with van der Waals surface area (Å²) in [6.45, 7) is 6.47. The topological polar surface area (TPSA) is 81.3 Å². The van der Waals surface area contributed by atoms with Crippen molar-refractivity contribution in [3.8, 4) is 0 Å². The predicted octanol–water partition coefficient (Wildman–Crippen LogP) is 5.19. The molecular formula is C24H54N4. The van der Waals surface area contributed by atoms with Gasteiger partial charge < -0.3 is 22.1 Å². The molecule has 28 heavy (non-hydrogen) atoms. The normalized spacial score (nSPS) is 11.6. The number of nitrogens with two attached hydrogens (primary N) is 3. The fourth-order valence-corrected chi connectivity index (χ4v) is 3.90. The van der Waals surface area contributed by atoms with Gasteiger partial charge in [0, 0.05) is 0 Å². The molecule has 0 amide bonds. The van der Waals surface area contributed by atoms with Crippen molar-refractivity contribution in [3.05, 3.63) is 0 Å². The first-order chi connectivity index (χ1) is 13.8. The van der Waals surface area contributed by atoms with Gasteiger partial charge in [0.25, 0.3) is 0 Å². The van der Waals surface area contributed by atoms with Crippen LogP contribution in [0.2, 0.25) is 0 Å². The third kappa shape index (κ3) is 22.1. The summed E-state index contributed by atoms with van der Waals surface area (Å²) in [5, 5.41) is 0. The second-order valence-corrected chi connectivity index (χ2v) is 8.57. The highest BCUT2D eigenvalue weighted by Gasteiger charge is 2.05. The van der Waals surface area contributed by atoms with Crippen LogP contribution in [0.1, 0.15) is 116 Å². The van der Waals surface area contributed by atoms with E-state index in [0.717, 1.165) is 19.6 Å². The third-order valence-corrected chi connectivity index (χ3v) is 5.79. The Morgan fingerprint density at radius 3 is 0.750 bits per heavy atom. The van der Waals surface area contributed by atoms with Gasteiger partial charge in [0.15, 0.2) is 0 Å². The molecule has 0 aromatic carbocycles. The number of rotatable bonds is 24. The number of unbranched alkanes of at least 4 members (excludes halogenated alkanes) is 15. The maximum absolute atomic E-state index is 5.58. The van der Waals surface area contributed by atoms with E-state index in [0.29, 0.717) is 0 Å². The van der Waals surface area contributed by atoms with E-state index in [1.807, 2.05) is 0 Å². The molecule has 0 spiro atoms. The fourth-order valence-electron chi connectivity index (χ4n) is 3.90. The monoisotopic (exact) mass is 398 g/mol. The van der Waals surface area contributed by atoms with Gasteiger partial charge in [0.05, 0.1) is 0 Å². The van der Waals surface area contributed by atoms with Crippen molar-refractivity contribution in [2.24, 2.45) is 17.2 Å². The van der Waals surface area contributed by atoms with Crippen molar-refractivity contribution >= 4 is 0 Å². The van der Waals surface area contributed by atoms with E-state index >= 15 is 0 Å². The minimum atomic E-state index is 0.853. The van der Waals surface area contributed by atoms with Crippen LogP contribution in [0, 0.1) is 0 Å². The summed E-state index contributed by atoms with van der Waals surface area (Å²) in [6, 6.07) is 0. The first-order valence-corrected chi connectivity index (χ1v) is 12.7. The summed E-state index contributed by atoms with van der Waals surface area (Å²) in [4.78, 5) is 2.75. The van der Waals surface area contributed by atoms with E-state index in [1.54, 1.807) is 0 Å². The Bertz CT molecular complexity index is 231. The SMILES string of the molecule is NCCCCCCCCN(CCCCCCCCN)CCCCCCCCN. The van der Waals surface area contributed by atoms with Crippen molar-refractivity contribution in [3.63, 3.8) is 0 Å². The van der Waals surface area contributed by atoms with Crippen LogP contribution in [-0.2, 0) is 0 Å². The van der Waals surface area contributed by atoms with Gasteiger partial charge in [-0.3, -0.25) is 0 Å². The van der Waals surface area contributed by atoms with Gasteiger partial charge in [0.2, 0.25) is 0 Å². The first kappa shape index (κ1) is 27.8. The van der Waals surface area contributed by atoms with Gasteiger partial charge >= 0.3 is 0 Å². The summed E-state index contributed by atoms with van der Waals surface area (Å²) >= 11 is 0. The molecule has 0 saturated heterocycles. The molecule has 0 aliphatic carbocycles. The molecule has 0 radical (unpaired) electrons. The van der Waals surface area contributed by atoms with Crippen LogP contribution in [0.3, 0.4) is 0 Å². The summed E-state index contributed by atoms with van der Waals surface area (Å²) in [5.41, 5.74) is 16.7. The quantitative estimate of drug-likeness (QED) is 0.195. The Morgan fingerprint density at radius 1 is 0.286 bits per heavy atom. The van der Waals surface area contributed by atoms with Crippen molar-refractivity contribution in [1.29, 1.82) is 0 Å². The van der Waals surface area contributed by atoms with Gasteiger partial charge in [-0.15, -0.1) is 0 Å². The zero-order valence-corrected chi connectivity index (χ0v) is 19.1. The zero-order valence-electron chi connectivity index (χ0n) is 19.1. The van der Waals surface area contributed by atoms with E-state index in [4.69, 9.17) is 17.2 Å². The molecule has 0 atom stereocenters. The lowest BCUT2D eigenvalue weighted by Crippen LogP contribution is -2.27. The smallest absolute Gasteiger partial charge is 0.00187 e. The average molecular weight is 399 g/mol. The van der Waals surface area contributed by atoms with Crippen LogP contribution in [0.15, 0.2) is 0 Å². The lowest BCUT2D eigenvalue weighted by atomic mass is 10.1. The van der Waals surface area contributed by atoms with Crippen LogP contribution < -0.4 is 17.2 Å². The van der Waals surface area contributed by atoms with Crippen LogP contribution in [-0.4, -0.2) is 44.2 Å². The van der Waals surface area contributed by atoms with Crippen LogP contribution in [0.5, 0.6) is 0 Å². The minimum absolute atomic E-state index is 0.853. The Morgan fingerprint density at radius 2 is 0.500 bits per heavy atom. The number of hydrogen-bond acceptors (Lipinski definition) is 4. The second kappa shape index (κ2) is 24.9. The Hall–Kier alpha value is -0.160. The van der Waals surface area contributed by atoms with Crippen molar-refractivity contribution in [2.45, 2.75) is 116 Å². The maximum Gasteiger partial charge on any atom is -0.00187 e. The Labute approximate surface area is 177 Å². The van der Waals surface area contributed by atoms with E-state index in [2.05, 4.69) is 4.90 Å². The van der Waals surface area contributed by atoms with Crippen LogP contribution in [0.25, 0.3) is 0 Å². The zero-order chi connectivity index (χ0) is 20.5. The van der Waals surface area contributed by atoms with E-state index < -0.39 is 0 Å². The lowest BCUT2D eigenvalue weighted by Gasteiger charge is -2.22. The highest BCUT2D eigenvalue weighted by molar-refractivity contribution is 4.60. The molecule has 0 fully saturated rings. The standard InChI is InChI=1S/C24H54N4/c25-19-13-7-1-4-10-16-22-28(23-17-11-5-2-8-14-20-26)24-18-12-6-3-9-15-21-27/h1-27H2. The molecule has 170 valence electrons. The van der Waals surface area contributed by atoms with Gasteiger partial charge in [-0.1, -0.05) is 77.0 Å². The molecule has 0 aliphatic rings. The van der Waals surface area contributed by atoms with Crippen LogP contribution in [0.4, 0.5) is 0 Å². The Kier molecular flexibility index (Phi) is 24.7. The third-order valence-electron chi connectivity index (χ3n) is 5.79. The summed E-state index contributed by atoms with van der Waals surface area (Å²) in [6.07, 6.45) is 24.1. The van der Waals surface area contributed by atoms with Gasteiger partial charge in [-0.25, -0.2) is 0 Å². The largest absolute Gasteiger partial charge is 0.330 e. The minimum Gasteiger partial charge on any atom is -0.330 e. The second-order valence-electron chi connectivity index (χ2n) is 8.57. The molecule has 0 heterocycles. The fraction of sp³-hybridized carbons (Fsp3) is 1.00. The van der Waals surface area contributed by atoms with Gasteiger partial charge in [-0.05, 0) is 77.8 Å². The molecule has 0 bridgehead atoms. The molecule has 0 aliphatic heterocycles. The Balaban J connectivity index is 3.80. The summed E-state index contributed by atoms with van der Waals surface area (Å²) < 4.78 is 0. The summed E-state index contributed by atoms with van der Waals surface area (Å²) in [7, 11) is 0. The van der Waals surface area contributed by atoms with Crippen molar-refractivity contribution in [2.75, 3.05) is 39.3 Å². The molecule has 4 heteroatoms. The van der Waals surface area contributed by atoms with Gasteiger partial charge in [0.1, 0.15) is 0 Å². The first-order valence-electron chi connectivity index (χ1n) is 12.7. The molecular weight excluding hydrogens is 344 g/mol. The molecule has 0 unspecified atom stereocenters. The highest BCUT2D eigenvalue weighted by atomic mass is 15.1. The lowest BCUT2D eigenvalue weighted by molar-refractivity contribution is 0.254. The highest BCUT2D eigenvalue weighted by Crippen LogP contribution is 2.11. The molecule has 6 N–H and O–H groups in total. The van der Waals surface area contributed by atoms with Crippen LogP contribution >= 0.6 is 0 Å². The van der Waals surface area contributed by atoms with E-state index in [-0.39, 0.29) is 0 Å². The van der Waals surface area contributed by atoms with E-state index in [9.17, 15) is 0 Å².